The van der Waals surface area contributed by atoms with Crippen LogP contribution in [0.5, 0.6) is 0 Å². The summed E-state index contributed by atoms with van der Waals surface area (Å²) in [6, 6.07) is 5.97. The molecule has 0 saturated carbocycles. The van der Waals surface area contributed by atoms with Crippen LogP contribution in [-0.4, -0.2) is 30.7 Å². The van der Waals surface area contributed by atoms with E-state index in [1.807, 2.05) is 0 Å². The Hall–Kier alpha value is -2.65. The van der Waals surface area contributed by atoms with Crippen LogP contribution in [0.25, 0.3) is 11.1 Å². The number of anilines is 1. The molecule has 0 aromatic heterocycles. The molecule has 10 heteroatoms. The lowest BCUT2D eigenvalue weighted by Crippen LogP contribution is -2.07. The van der Waals surface area contributed by atoms with E-state index in [1.54, 1.807) is 0 Å². The Morgan fingerprint density at radius 3 is 2.25 bits per heavy atom. The number of hydrogen-bond donors (Lipinski definition) is 2. The number of benzene rings is 2. The molecule has 0 bridgehead atoms. The van der Waals surface area contributed by atoms with E-state index in [-0.39, 0.29) is 26.7 Å². The number of nitro benzene ring substituents is 1. The Labute approximate surface area is 141 Å². The lowest BCUT2D eigenvalue weighted by molar-refractivity contribution is -0.383. The smallest absolute Gasteiger partial charge is 0.338 e. The van der Waals surface area contributed by atoms with Gasteiger partial charge in [0.25, 0.3) is 0 Å². The van der Waals surface area contributed by atoms with Crippen molar-refractivity contribution in [2.75, 3.05) is 12.0 Å². The highest BCUT2D eigenvalue weighted by atomic mass is 35.5. The number of nitrogen functional groups attached to an aromatic ring is 1. The molecule has 126 valence electrons. The second-order valence-electron chi connectivity index (χ2n) is 4.91. The lowest BCUT2D eigenvalue weighted by Gasteiger charge is -2.11. The van der Waals surface area contributed by atoms with Crippen molar-refractivity contribution in [3.05, 3.63) is 51.0 Å². The summed E-state index contributed by atoms with van der Waals surface area (Å²) < 4.78 is 23.0. The molecule has 0 radical (unpaired) electrons. The van der Waals surface area contributed by atoms with E-state index in [0.717, 1.165) is 12.3 Å². The molecule has 0 aliphatic rings. The number of aromatic carboxylic acids is 1. The van der Waals surface area contributed by atoms with Crippen LogP contribution < -0.4 is 5.73 Å². The summed E-state index contributed by atoms with van der Waals surface area (Å²) in [6.45, 7) is 0. The van der Waals surface area contributed by atoms with Crippen LogP contribution in [0.2, 0.25) is 5.02 Å². The molecule has 0 aliphatic heterocycles. The summed E-state index contributed by atoms with van der Waals surface area (Å²) in [4.78, 5) is 22.0. The number of carboxylic acids is 1. The first-order chi connectivity index (χ1) is 11.0. The second-order valence-corrected chi connectivity index (χ2v) is 7.33. The minimum absolute atomic E-state index is 0.0132. The van der Waals surface area contributed by atoms with E-state index in [0.29, 0.717) is 0 Å². The average molecular weight is 371 g/mol. The van der Waals surface area contributed by atoms with E-state index in [2.05, 4.69) is 0 Å². The Morgan fingerprint density at radius 2 is 1.83 bits per heavy atom. The first kappa shape index (κ1) is 17.7. The maximum atomic E-state index is 11.5. The van der Waals surface area contributed by atoms with Crippen LogP contribution in [0.4, 0.5) is 11.4 Å². The van der Waals surface area contributed by atoms with Gasteiger partial charge in [-0.15, -0.1) is 0 Å². The van der Waals surface area contributed by atoms with Gasteiger partial charge in [0.05, 0.1) is 26.0 Å². The highest BCUT2D eigenvalue weighted by Crippen LogP contribution is 2.41. The van der Waals surface area contributed by atoms with Crippen LogP contribution >= 0.6 is 11.6 Å². The molecule has 0 heterocycles. The number of sulfone groups is 1. The van der Waals surface area contributed by atoms with Gasteiger partial charge in [-0.3, -0.25) is 10.1 Å². The van der Waals surface area contributed by atoms with Crippen LogP contribution in [0, 0.1) is 10.1 Å². The van der Waals surface area contributed by atoms with Crippen LogP contribution in [-0.2, 0) is 9.84 Å². The summed E-state index contributed by atoms with van der Waals surface area (Å²) in [7, 11) is -3.47. The zero-order valence-electron chi connectivity index (χ0n) is 12.2. The maximum Gasteiger partial charge on any atom is 0.338 e. The molecule has 3 N–H and O–H groups in total. The van der Waals surface area contributed by atoms with E-state index in [1.165, 1.54) is 24.3 Å². The standard InChI is InChI=1S/C14H11ClN2O6S/c1-24(22,23)8-4-2-7(3-5-8)11-12(14(18)19)9(15)6-10(16)13(11)17(20)21/h2-6H,16H2,1H3,(H,18,19). The molecule has 0 spiro atoms. The molecule has 2 aromatic rings. The number of nitro groups is 1. The van der Waals surface area contributed by atoms with E-state index >= 15 is 0 Å². The number of carbonyl (C=O) groups is 1. The number of hydrogen-bond acceptors (Lipinski definition) is 6. The number of carboxylic acid groups (broad SMARTS) is 1. The van der Waals surface area contributed by atoms with Gasteiger partial charge in [0.15, 0.2) is 9.84 Å². The normalized spacial score (nSPS) is 11.2. The van der Waals surface area contributed by atoms with Crippen LogP contribution in [0.3, 0.4) is 0 Å². The zero-order valence-corrected chi connectivity index (χ0v) is 13.8. The Kier molecular flexibility index (Phi) is 4.50. The largest absolute Gasteiger partial charge is 0.478 e. The SMILES string of the molecule is CS(=O)(=O)c1ccc(-c2c(C(=O)O)c(Cl)cc(N)c2[N+](=O)[O-])cc1. The molecule has 24 heavy (non-hydrogen) atoms. The maximum absolute atomic E-state index is 11.5. The molecule has 0 fully saturated rings. The van der Waals surface area contributed by atoms with Crippen molar-refractivity contribution in [1.29, 1.82) is 0 Å². The molecule has 0 atom stereocenters. The molecule has 0 amide bonds. The molecule has 2 aromatic carbocycles. The number of nitrogens with two attached hydrogens (primary N) is 1. The first-order valence-corrected chi connectivity index (χ1v) is 8.61. The fourth-order valence-corrected chi connectivity index (χ4v) is 3.14. The van der Waals surface area contributed by atoms with Gasteiger partial charge in [0.2, 0.25) is 0 Å². The molecular formula is C14H11ClN2O6S. The minimum atomic E-state index is -3.47. The molecule has 0 saturated heterocycles. The first-order valence-electron chi connectivity index (χ1n) is 6.34. The Morgan fingerprint density at radius 1 is 1.29 bits per heavy atom. The van der Waals surface area contributed by atoms with Crippen molar-refractivity contribution in [3.63, 3.8) is 0 Å². The predicted octanol–water partition coefficient (Wildman–Crippen LogP) is 2.60. The number of halogens is 1. The molecule has 8 nitrogen and oxygen atoms in total. The van der Waals surface area contributed by atoms with Crippen molar-refractivity contribution in [2.24, 2.45) is 0 Å². The second kappa shape index (κ2) is 6.10. The van der Waals surface area contributed by atoms with E-state index in [9.17, 15) is 28.4 Å². The van der Waals surface area contributed by atoms with Crippen molar-refractivity contribution in [2.45, 2.75) is 4.90 Å². The van der Waals surface area contributed by atoms with Crippen LogP contribution in [0.15, 0.2) is 35.2 Å². The third kappa shape index (κ3) is 3.17. The Bertz CT molecular complexity index is 916. The highest BCUT2D eigenvalue weighted by molar-refractivity contribution is 7.90. The summed E-state index contributed by atoms with van der Waals surface area (Å²) in [6.07, 6.45) is 1.00. The van der Waals surface area contributed by atoms with Gasteiger partial charge in [-0.2, -0.15) is 0 Å². The van der Waals surface area contributed by atoms with Crippen molar-refractivity contribution >= 4 is 38.8 Å². The van der Waals surface area contributed by atoms with E-state index < -0.39 is 32.0 Å². The van der Waals surface area contributed by atoms with Crippen molar-refractivity contribution in [1.82, 2.24) is 0 Å². The highest BCUT2D eigenvalue weighted by Gasteiger charge is 2.29. The minimum Gasteiger partial charge on any atom is -0.478 e. The zero-order chi connectivity index (χ0) is 18.2. The Balaban J connectivity index is 2.86. The fourth-order valence-electron chi connectivity index (χ4n) is 2.21. The predicted molar refractivity (Wildman–Crippen MR) is 88.0 cm³/mol. The quantitative estimate of drug-likeness (QED) is 0.478. The van der Waals surface area contributed by atoms with Gasteiger partial charge in [-0.1, -0.05) is 23.7 Å². The summed E-state index contributed by atoms with van der Waals surface area (Å²) >= 11 is 5.88. The summed E-state index contributed by atoms with van der Waals surface area (Å²) in [5, 5.41) is 20.4. The van der Waals surface area contributed by atoms with Gasteiger partial charge in [-0.05, 0) is 23.8 Å². The molecule has 2 rings (SSSR count). The lowest BCUT2D eigenvalue weighted by atomic mass is 9.96. The van der Waals surface area contributed by atoms with Crippen molar-refractivity contribution < 1.29 is 23.2 Å². The van der Waals surface area contributed by atoms with Crippen molar-refractivity contribution in [3.8, 4) is 11.1 Å². The molecule has 0 unspecified atom stereocenters. The van der Waals surface area contributed by atoms with Gasteiger partial charge >= 0.3 is 11.7 Å². The van der Waals surface area contributed by atoms with Crippen LogP contribution in [0.1, 0.15) is 10.4 Å². The fraction of sp³-hybridized carbons (Fsp3) is 0.0714. The third-order valence-corrected chi connectivity index (χ3v) is 4.68. The molecule has 0 aliphatic carbocycles. The summed E-state index contributed by atoms with van der Waals surface area (Å²) in [5.74, 6) is -1.47. The number of nitrogens with zero attached hydrogens (tertiary/aromatic N) is 1. The van der Waals surface area contributed by atoms with Gasteiger partial charge < -0.3 is 10.8 Å². The number of rotatable bonds is 4. The van der Waals surface area contributed by atoms with E-state index in [4.69, 9.17) is 17.3 Å². The van der Waals surface area contributed by atoms with Gasteiger partial charge in [0.1, 0.15) is 5.69 Å². The average Bonchev–Trinajstić information content (AvgIpc) is 2.44. The monoisotopic (exact) mass is 370 g/mol. The van der Waals surface area contributed by atoms with Gasteiger partial charge in [0, 0.05) is 6.26 Å². The molecular weight excluding hydrogens is 360 g/mol. The summed E-state index contributed by atoms with van der Waals surface area (Å²) in [5.41, 5.74) is 4.06. The topological polar surface area (TPSA) is 141 Å². The third-order valence-electron chi connectivity index (χ3n) is 3.25. The van der Waals surface area contributed by atoms with Gasteiger partial charge in [-0.25, -0.2) is 13.2 Å².